The molecule has 15 heavy (non-hydrogen) atoms. The molecule has 0 saturated heterocycles. The van der Waals surface area contributed by atoms with Gasteiger partial charge in [-0.2, -0.15) is 0 Å². The number of nitrogens with one attached hydrogen (secondary N) is 1. The predicted octanol–water partition coefficient (Wildman–Crippen LogP) is 4.19. The Labute approximate surface area is 108 Å². The highest BCUT2D eigenvalue weighted by atomic mass is 79.9. The average Bonchev–Trinajstić information content (AvgIpc) is 2.99. The molecule has 1 nitrogen and oxygen atoms in total. The zero-order chi connectivity index (χ0) is 11.0. The van der Waals surface area contributed by atoms with Gasteiger partial charge in [0.15, 0.2) is 0 Å². The van der Waals surface area contributed by atoms with Crippen LogP contribution >= 0.6 is 31.9 Å². The zero-order valence-electron chi connectivity index (χ0n) is 8.98. The highest BCUT2D eigenvalue weighted by Crippen LogP contribution is 2.43. The molecule has 1 atom stereocenters. The van der Waals surface area contributed by atoms with Crippen molar-refractivity contribution in [3.05, 3.63) is 32.2 Å². The Morgan fingerprint density at radius 1 is 1.27 bits per heavy atom. The lowest BCUT2D eigenvalue weighted by molar-refractivity contribution is 0.526. The summed E-state index contributed by atoms with van der Waals surface area (Å²) in [5.74, 6) is 0.820. The maximum atomic E-state index is 3.66. The van der Waals surface area contributed by atoms with E-state index < -0.39 is 0 Å². The van der Waals surface area contributed by atoms with Crippen molar-refractivity contribution in [2.24, 2.45) is 5.92 Å². The van der Waals surface area contributed by atoms with E-state index in [1.165, 1.54) is 32.9 Å². The lowest BCUT2D eigenvalue weighted by Crippen LogP contribution is -2.18. The van der Waals surface area contributed by atoms with Gasteiger partial charge in [0.25, 0.3) is 0 Å². The predicted molar refractivity (Wildman–Crippen MR) is 71.1 cm³/mol. The Morgan fingerprint density at radius 2 is 1.93 bits per heavy atom. The van der Waals surface area contributed by atoms with Crippen molar-refractivity contribution in [1.82, 2.24) is 5.32 Å². The molecule has 1 saturated carbocycles. The van der Waals surface area contributed by atoms with Crippen molar-refractivity contribution in [2.45, 2.75) is 25.8 Å². The number of rotatable bonds is 3. The van der Waals surface area contributed by atoms with Crippen molar-refractivity contribution in [2.75, 3.05) is 7.05 Å². The number of hydrogen-bond donors (Lipinski definition) is 1. The fourth-order valence-electron chi connectivity index (χ4n) is 1.97. The normalized spacial score (nSPS) is 17.9. The summed E-state index contributed by atoms with van der Waals surface area (Å²) in [6, 6.07) is 4.92. The smallest absolute Gasteiger partial charge is 0.0357 e. The van der Waals surface area contributed by atoms with E-state index in [0.29, 0.717) is 6.04 Å². The van der Waals surface area contributed by atoms with Crippen LogP contribution in [0.4, 0.5) is 0 Å². The van der Waals surface area contributed by atoms with Crippen LogP contribution < -0.4 is 5.32 Å². The topological polar surface area (TPSA) is 12.0 Å². The zero-order valence-corrected chi connectivity index (χ0v) is 12.2. The Kier molecular flexibility index (Phi) is 3.53. The van der Waals surface area contributed by atoms with Crippen LogP contribution in [0.2, 0.25) is 0 Å². The molecule has 0 aromatic heterocycles. The number of hydrogen-bond acceptors (Lipinski definition) is 1. The molecule has 1 unspecified atom stereocenters. The van der Waals surface area contributed by atoms with E-state index in [1.807, 2.05) is 7.05 Å². The minimum Gasteiger partial charge on any atom is -0.313 e. The molecule has 0 amide bonds. The van der Waals surface area contributed by atoms with Crippen LogP contribution in [-0.4, -0.2) is 7.05 Å². The molecule has 82 valence electrons. The summed E-state index contributed by atoms with van der Waals surface area (Å²) in [5.41, 5.74) is 2.65. The van der Waals surface area contributed by atoms with Gasteiger partial charge in [-0.25, -0.2) is 0 Å². The summed E-state index contributed by atoms with van der Waals surface area (Å²) in [6.45, 7) is 2.12. The lowest BCUT2D eigenvalue weighted by Gasteiger charge is -2.18. The van der Waals surface area contributed by atoms with E-state index in [-0.39, 0.29) is 0 Å². The first-order chi connectivity index (χ1) is 7.13. The first-order valence-corrected chi connectivity index (χ1v) is 6.85. The largest absolute Gasteiger partial charge is 0.313 e. The van der Waals surface area contributed by atoms with Gasteiger partial charge < -0.3 is 5.32 Å². The quantitative estimate of drug-likeness (QED) is 0.875. The second kappa shape index (κ2) is 4.56. The van der Waals surface area contributed by atoms with Crippen LogP contribution in [0.5, 0.6) is 0 Å². The van der Waals surface area contributed by atoms with E-state index in [9.17, 15) is 0 Å². The summed E-state index contributed by atoms with van der Waals surface area (Å²) >= 11 is 7.26. The van der Waals surface area contributed by atoms with Crippen molar-refractivity contribution in [1.29, 1.82) is 0 Å². The summed E-state index contributed by atoms with van der Waals surface area (Å²) in [6.07, 6.45) is 2.70. The molecule has 1 N–H and O–H groups in total. The highest BCUT2D eigenvalue weighted by Gasteiger charge is 2.32. The summed E-state index contributed by atoms with van der Waals surface area (Å²) in [4.78, 5) is 0. The van der Waals surface area contributed by atoms with Gasteiger partial charge >= 0.3 is 0 Å². The van der Waals surface area contributed by atoms with Crippen LogP contribution in [0.3, 0.4) is 0 Å². The Bertz CT molecular complexity index is 372. The molecule has 2 rings (SSSR count). The summed E-state index contributed by atoms with van der Waals surface area (Å²) in [5, 5.41) is 3.42. The van der Waals surface area contributed by atoms with Gasteiger partial charge in [-0.15, -0.1) is 0 Å². The molecule has 1 aliphatic rings. The molecule has 1 aliphatic carbocycles. The molecule has 1 aromatic carbocycles. The van der Waals surface area contributed by atoms with Gasteiger partial charge in [-0.3, -0.25) is 0 Å². The van der Waals surface area contributed by atoms with Crippen LogP contribution in [0.25, 0.3) is 0 Å². The van der Waals surface area contributed by atoms with Gasteiger partial charge in [0, 0.05) is 15.0 Å². The first kappa shape index (κ1) is 11.6. The van der Waals surface area contributed by atoms with Gasteiger partial charge in [-0.05, 0) is 56.0 Å². The van der Waals surface area contributed by atoms with Crippen molar-refractivity contribution < 1.29 is 0 Å². The van der Waals surface area contributed by atoms with Crippen molar-refractivity contribution in [3.8, 4) is 0 Å². The Hall–Kier alpha value is 0.140. The first-order valence-electron chi connectivity index (χ1n) is 5.26. The maximum absolute atomic E-state index is 3.66. The summed E-state index contributed by atoms with van der Waals surface area (Å²) in [7, 11) is 2.04. The third-order valence-corrected chi connectivity index (χ3v) is 4.56. The molecule has 0 heterocycles. The van der Waals surface area contributed by atoms with Gasteiger partial charge in [0.2, 0.25) is 0 Å². The van der Waals surface area contributed by atoms with Gasteiger partial charge in [0.1, 0.15) is 0 Å². The Morgan fingerprint density at radius 3 is 2.47 bits per heavy atom. The molecule has 0 aliphatic heterocycles. The minimum absolute atomic E-state index is 0.497. The maximum Gasteiger partial charge on any atom is 0.0357 e. The van der Waals surface area contributed by atoms with Crippen LogP contribution in [-0.2, 0) is 0 Å². The van der Waals surface area contributed by atoms with Crippen LogP contribution in [0.1, 0.15) is 30.0 Å². The number of halogens is 2. The highest BCUT2D eigenvalue weighted by molar-refractivity contribution is 9.11. The molecule has 0 bridgehead atoms. The lowest BCUT2D eigenvalue weighted by atomic mass is 10.0. The molecule has 1 fully saturated rings. The molecular formula is C12H15Br2N. The van der Waals surface area contributed by atoms with E-state index in [0.717, 1.165) is 5.92 Å². The summed E-state index contributed by atoms with van der Waals surface area (Å²) < 4.78 is 2.41. The molecule has 0 radical (unpaired) electrons. The number of benzene rings is 1. The third-order valence-electron chi connectivity index (χ3n) is 3.02. The molecule has 3 heteroatoms. The van der Waals surface area contributed by atoms with Crippen LogP contribution in [0, 0.1) is 12.8 Å². The monoisotopic (exact) mass is 331 g/mol. The van der Waals surface area contributed by atoms with Crippen molar-refractivity contribution in [3.63, 3.8) is 0 Å². The van der Waals surface area contributed by atoms with Crippen LogP contribution in [0.15, 0.2) is 21.1 Å². The molecule has 0 spiro atoms. The minimum atomic E-state index is 0.497. The number of aryl methyl sites for hydroxylation is 1. The van der Waals surface area contributed by atoms with E-state index in [2.05, 4.69) is 56.2 Å². The van der Waals surface area contributed by atoms with E-state index in [1.54, 1.807) is 0 Å². The fraction of sp³-hybridized carbons (Fsp3) is 0.500. The van der Waals surface area contributed by atoms with E-state index in [4.69, 9.17) is 0 Å². The third kappa shape index (κ3) is 2.45. The van der Waals surface area contributed by atoms with Gasteiger partial charge in [-0.1, -0.05) is 31.9 Å². The molecule has 1 aromatic rings. The second-order valence-electron chi connectivity index (χ2n) is 4.23. The Balaban J connectivity index is 2.37. The fourth-order valence-corrected chi connectivity index (χ4v) is 3.04. The van der Waals surface area contributed by atoms with E-state index >= 15 is 0 Å². The standard InChI is InChI=1S/C12H15Br2N/c1-7-5-11(14)9(6-10(7)13)12(15-2)8-3-4-8/h5-6,8,12,15H,3-4H2,1-2H3. The van der Waals surface area contributed by atoms with Crippen molar-refractivity contribution >= 4 is 31.9 Å². The average molecular weight is 333 g/mol. The SMILES string of the molecule is CNC(c1cc(Br)c(C)cc1Br)C1CC1. The molecular weight excluding hydrogens is 318 g/mol. The second-order valence-corrected chi connectivity index (χ2v) is 5.94. The van der Waals surface area contributed by atoms with Gasteiger partial charge in [0.05, 0.1) is 0 Å².